The zero-order chi connectivity index (χ0) is 18.1. The third-order valence-electron chi connectivity index (χ3n) is 4.15. The second-order valence-corrected chi connectivity index (χ2v) is 8.20. The number of nitrogens with one attached hydrogen (secondary N) is 2. The van der Waals surface area contributed by atoms with E-state index in [2.05, 4.69) is 55.4 Å². The Bertz CT molecular complexity index is 529. The van der Waals surface area contributed by atoms with Crippen LogP contribution in [0.25, 0.3) is 0 Å². The van der Waals surface area contributed by atoms with Crippen molar-refractivity contribution in [2.45, 2.75) is 46.8 Å². The van der Waals surface area contributed by atoms with Gasteiger partial charge in [-0.1, -0.05) is 20.8 Å². The lowest BCUT2D eigenvalue weighted by Gasteiger charge is -2.34. The van der Waals surface area contributed by atoms with Crippen LogP contribution in [-0.2, 0) is 17.7 Å². The normalized spacial score (nSPS) is 19.4. The SMILES string of the molecule is CCNC(=NCc1ccc(CC)s1)NCC1CN(CC(C)C)CCO1. The van der Waals surface area contributed by atoms with Crippen molar-refractivity contribution in [3.63, 3.8) is 0 Å². The van der Waals surface area contributed by atoms with Gasteiger partial charge in [0, 0.05) is 42.5 Å². The molecule has 2 N–H and O–H groups in total. The molecule has 0 aliphatic carbocycles. The number of hydrogen-bond donors (Lipinski definition) is 2. The molecule has 0 amide bonds. The minimum Gasteiger partial charge on any atom is -0.374 e. The molecular formula is C19H34N4OS. The lowest BCUT2D eigenvalue weighted by atomic mass is 10.2. The summed E-state index contributed by atoms with van der Waals surface area (Å²) >= 11 is 1.85. The number of guanidine groups is 1. The van der Waals surface area contributed by atoms with Gasteiger partial charge in [-0.3, -0.25) is 4.90 Å². The van der Waals surface area contributed by atoms with Gasteiger partial charge in [-0.15, -0.1) is 11.3 Å². The largest absolute Gasteiger partial charge is 0.374 e. The smallest absolute Gasteiger partial charge is 0.191 e. The minimum atomic E-state index is 0.227. The van der Waals surface area contributed by atoms with Crippen molar-refractivity contribution in [2.24, 2.45) is 10.9 Å². The predicted octanol–water partition coefficient (Wildman–Crippen LogP) is 2.72. The highest BCUT2D eigenvalue weighted by Crippen LogP contribution is 2.17. The monoisotopic (exact) mass is 366 g/mol. The van der Waals surface area contributed by atoms with Crippen LogP contribution in [0.15, 0.2) is 17.1 Å². The summed E-state index contributed by atoms with van der Waals surface area (Å²) < 4.78 is 5.91. The first-order valence-electron chi connectivity index (χ1n) is 9.54. The first kappa shape index (κ1) is 20.2. The van der Waals surface area contributed by atoms with Crippen LogP contribution >= 0.6 is 11.3 Å². The molecule has 142 valence electrons. The molecule has 1 aliphatic rings. The Kier molecular flexibility index (Phi) is 8.72. The molecule has 1 atom stereocenters. The summed E-state index contributed by atoms with van der Waals surface area (Å²) in [6.45, 7) is 15.2. The van der Waals surface area contributed by atoms with E-state index < -0.39 is 0 Å². The summed E-state index contributed by atoms with van der Waals surface area (Å²) in [6, 6.07) is 4.39. The van der Waals surface area contributed by atoms with Crippen molar-refractivity contribution < 1.29 is 4.74 Å². The fraction of sp³-hybridized carbons (Fsp3) is 0.737. The average Bonchev–Trinajstić information content (AvgIpc) is 3.05. The van der Waals surface area contributed by atoms with Gasteiger partial charge in [-0.2, -0.15) is 0 Å². The first-order valence-corrected chi connectivity index (χ1v) is 10.4. The van der Waals surface area contributed by atoms with E-state index in [1.165, 1.54) is 9.75 Å². The summed E-state index contributed by atoms with van der Waals surface area (Å²) in [5.74, 6) is 1.57. The van der Waals surface area contributed by atoms with E-state index in [1.54, 1.807) is 0 Å². The Hall–Kier alpha value is -1.11. The minimum absolute atomic E-state index is 0.227. The third-order valence-corrected chi connectivity index (χ3v) is 5.36. The van der Waals surface area contributed by atoms with Crippen LogP contribution in [0, 0.1) is 5.92 Å². The van der Waals surface area contributed by atoms with Gasteiger partial charge in [-0.25, -0.2) is 4.99 Å². The molecule has 1 aliphatic heterocycles. The Morgan fingerprint density at radius 2 is 2.12 bits per heavy atom. The molecule has 25 heavy (non-hydrogen) atoms. The van der Waals surface area contributed by atoms with Crippen LogP contribution in [0.2, 0.25) is 0 Å². The van der Waals surface area contributed by atoms with Gasteiger partial charge in [0.2, 0.25) is 0 Å². The van der Waals surface area contributed by atoms with Crippen LogP contribution in [0.3, 0.4) is 0 Å². The summed E-state index contributed by atoms with van der Waals surface area (Å²) in [5, 5.41) is 6.78. The summed E-state index contributed by atoms with van der Waals surface area (Å²) in [5.41, 5.74) is 0. The number of rotatable bonds is 8. The van der Waals surface area contributed by atoms with Gasteiger partial charge >= 0.3 is 0 Å². The maximum Gasteiger partial charge on any atom is 0.191 e. The Morgan fingerprint density at radius 3 is 2.80 bits per heavy atom. The molecule has 0 radical (unpaired) electrons. The van der Waals surface area contributed by atoms with E-state index in [0.717, 1.165) is 58.3 Å². The Balaban J connectivity index is 1.82. The Labute approximate surface area is 156 Å². The van der Waals surface area contributed by atoms with Crippen LogP contribution in [0.1, 0.15) is 37.4 Å². The number of thiophene rings is 1. The number of aliphatic imine (C=N–C) groups is 1. The molecule has 2 rings (SSSR count). The van der Waals surface area contributed by atoms with Gasteiger partial charge in [0.15, 0.2) is 5.96 Å². The van der Waals surface area contributed by atoms with Crippen LogP contribution in [0.4, 0.5) is 0 Å². The molecule has 5 nitrogen and oxygen atoms in total. The second kappa shape index (κ2) is 10.8. The van der Waals surface area contributed by atoms with Crippen molar-refractivity contribution >= 4 is 17.3 Å². The van der Waals surface area contributed by atoms with Crippen LogP contribution in [-0.4, -0.2) is 56.3 Å². The van der Waals surface area contributed by atoms with Gasteiger partial charge in [0.05, 0.1) is 19.3 Å². The van der Waals surface area contributed by atoms with Gasteiger partial charge in [0.25, 0.3) is 0 Å². The number of ether oxygens (including phenoxy) is 1. The van der Waals surface area contributed by atoms with Crippen molar-refractivity contribution in [3.05, 3.63) is 21.9 Å². The molecule has 1 saturated heterocycles. The Morgan fingerprint density at radius 1 is 1.32 bits per heavy atom. The van der Waals surface area contributed by atoms with Gasteiger partial charge in [0.1, 0.15) is 0 Å². The molecule has 1 aromatic rings. The number of nitrogens with zero attached hydrogens (tertiary/aromatic N) is 2. The molecule has 0 aromatic carbocycles. The van der Waals surface area contributed by atoms with E-state index >= 15 is 0 Å². The summed E-state index contributed by atoms with van der Waals surface area (Å²) in [4.78, 5) is 9.95. The summed E-state index contributed by atoms with van der Waals surface area (Å²) in [7, 11) is 0. The molecule has 0 bridgehead atoms. The lowest BCUT2D eigenvalue weighted by Crippen LogP contribution is -2.50. The third kappa shape index (κ3) is 7.34. The average molecular weight is 367 g/mol. The molecule has 0 spiro atoms. The zero-order valence-electron chi connectivity index (χ0n) is 16.2. The molecular weight excluding hydrogens is 332 g/mol. The molecule has 6 heteroatoms. The maximum absolute atomic E-state index is 5.91. The quantitative estimate of drug-likeness (QED) is 0.549. The molecule has 1 fully saturated rings. The van der Waals surface area contributed by atoms with Crippen molar-refractivity contribution in [1.29, 1.82) is 0 Å². The molecule has 1 aromatic heterocycles. The standard InChI is InChI=1S/C19H34N4OS/c1-5-17-7-8-18(25-17)12-22-19(20-6-2)21-11-16-14-23(9-10-24-16)13-15(3)4/h7-8,15-16H,5-6,9-14H2,1-4H3,(H2,20,21,22). The zero-order valence-corrected chi connectivity index (χ0v) is 17.0. The van der Waals surface area contributed by atoms with Crippen molar-refractivity contribution in [2.75, 3.05) is 39.3 Å². The number of aryl methyl sites for hydroxylation is 1. The topological polar surface area (TPSA) is 48.9 Å². The van der Waals surface area contributed by atoms with E-state index in [4.69, 9.17) is 9.73 Å². The lowest BCUT2D eigenvalue weighted by molar-refractivity contribution is -0.0284. The fourth-order valence-corrected chi connectivity index (χ4v) is 3.88. The van der Waals surface area contributed by atoms with Crippen molar-refractivity contribution in [1.82, 2.24) is 15.5 Å². The molecule has 2 heterocycles. The van der Waals surface area contributed by atoms with E-state index in [1.807, 2.05) is 11.3 Å². The molecule has 1 unspecified atom stereocenters. The number of hydrogen-bond acceptors (Lipinski definition) is 4. The van der Waals surface area contributed by atoms with Gasteiger partial charge < -0.3 is 15.4 Å². The van der Waals surface area contributed by atoms with E-state index in [-0.39, 0.29) is 6.10 Å². The highest BCUT2D eigenvalue weighted by molar-refractivity contribution is 7.11. The predicted molar refractivity (Wildman–Crippen MR) is 108 cm³/mol. The second-order valence-electron chi connectivity index (χ2n) is 6.94. The summed E-state index contributed by atoms with van der Waals surface area (Å²) in [6.07, 6.45) is 1.32. The number of morpholine rings is 1. The first-order chi connectivity index (χ1) is 12.1. The fourth-order valence-electron chi connectivity index (χ4n) is 2.99. The maximum atomic E-state index is 5.91. The molecule has 0 saturated carbocycles. The van der Waals surface area contributed by atoms with Crippen LogP contribution in [0.5, 0.6) is 0 Å². The highest BCUT2D eigenvalue weighted by atomic mass is 32.1. The van der Waals surface area contributed by atoms with E-state index in [9.17, 15) is 0 Å². The van der Waals surface area contributed by atoms with Crippen molar-refractivity contribution in [3.8, 4) is 0 Å². The van der Waals surface area contributed by atoms with Crippen LogP contribution < -0.4 is 10.6 Å². The highest BCUT2D eigenvalue weighted by Gasteiger charge is 2.21. The van der Waals surface area contributed by atoms with Gasteiger partial charge in [-0.05, 0) is 31.4 Å². The van der Waals surface area contributed by atoms with E-state index in [0.29, 0.717) is 5.92 Å².